The second kappa shape index (κ2) is 5.59. The largest absolute Gasteiger partial charge is 0.207 e. The summed E-state index contributed by atoms with van der Waals surface area (Å²) in [7, 11) is 0. The Morgan fingerprint density at radius 2 is 1.63 bits per heavy atom. The molecule has 1 unspecified atom stereocenters. The lowest BCUT2D eigenvalue weighted by molar-refractivity contribution is 0.574. The number of hydrogen-bond acceptors (Lipinski definition) is 0. The number of benzene rings is 2. The third kappa shape index (κ3) is 2.98. The molecule has 0 fully saturated rings. The molecule has 2 aromatic rings. The monoisotopic (exact) mass is 344 g/mol. The van der Waals surface area contributed by atoms with Crippen LogP contribution >= 0.6 is 27.5 Å². The molecule has 0 heterocycles. The average Bonchev–Trinajstić information content (AvgIpc) is 2.33. The molecular weight excluding hydrogens is 334 g/mol. The van der Waals surface area contributed by atoms with Crippen LogP contribution in [0.15, 0.2) is 30.3 Å². The quantitative estimate of drug-likeness (QED) is 0.611. The number of halogens is 4. The van der Waals surface area contributed by atoms with Gasteiger partial charge in [0.05, 0.1) is 4.83 Å². The number of alkyl halides is 1. The van der Waals surface area contributed by atoms with E-state index in [1.165, 1.54) is 12.1 Å². The highest BCUT2D eigenvalue weighted by Gasteiger charge is 2.18. The molecule has 0 aromatic heterocycles. The molecule has 0 nitrogen and oxygen atoms in total. The molecule has 0 aliphatic heterocycles. The van der Waals surface area contributed by atoms with Gasteiger partial charge in [-0.3, -0.25) is 0 Å². The Morgan fingerprint density at radius 3 is 2.26 bits per heavy atom. The van der Waals surface area contributed by atoms with Crippen molar-refractivity contribution in [2.45, 2.75) is 18.7 Å². The van der Waals surface area contributed by atoms with Crippen LogP contribution in [0.25, 0.3) is 0 Å². The van der Waals surface area contributed by atoms with Gasteiger partial charge in [0.1, 0.15) is 11.6 Å². The van der Waals surface area contributed by atoms with Gasteiger partial charge in [0, 0.05) is 16.7 Å². The van der Waals surface area contributed by atoms with E-state index in [9.17, 15) is 8.78 Å². The molecule has 2 rings (SSSR count). The molecule has 0 amide bonds. The van der Waals surface area contributed by atoms with E-state index in [1.807, 2.05) is 26.0 Å². The Labute approximate surface area is 124 Å². The van der Waals surface area contributed by atoms with Crippen LogP contribution in [0.1, 0.15) is 27.1 Å². The molecule has 1 atom stereocenters. The smallest absolute Gasteiger partial charge is 0.130 e. The minimum atomic E-state index is -0.591. The van der Waals surface area contributed by atoms with Crippen molar-refractivity contribution in [2.24, 2.45) is 0 Å². The van der Waals surface area contributed by atoms with Gasteiger partial charge >= 0.3 is 0 Å². The van der Waals surface area contributed by atoms with Crippen LogP contribution in [0.5, 0.6) is 0 Å². The van der Waals surface area contributed by atoms with Crippen LogP contribution in [0.4, 0.5) is 8.78 Å². The summed E-state index contributed by atoms with van der Waals surface area (Å²) in [6, 6.07) is 7.30. The lowest BCUT2D eigenvalue weighted by Gasteiger charge is -2.15. The maximum Gasteiger partial charge on any atom is 0.130 e. The molecule has 0 aliphatic rings. The molecule has 0 saturated heterocycles. The van der Waals surface area contributed by atoms with Gasteiger partial charge in [-0.05, 0) is 42.7 Å². The summed E-state index contributed by atoms with van der Waals surface area (Å²) in [6.45, 7) is 3.93. The maximum atomic E-state index is 13.8. The minimum absolute atomic E-state index is 0.367. The highest BCUT2D eigenvalue weighted by molar-refractivity contribution is 9.09. The van der Waals surface area contributed by atoms with Gasteiger partial charge < -0.3 is 0 Å². The van der Waals surface area contributed by atoms with E-state index in [-0.39, 0.29) is 0 Å². The second-order valence-corrected chi connectivity index (χ2v) is 5.81. The molecule has 0 spiro atoms. The zero-order valence-corrected chi connectivity index (χ0v) is 12.8. The van der Waals surface area contributed by atoms with Gasteiger partial charge in [0.15, 0.2) is 0 Å². The maximum absolute atomic E-state index is 13.8. The van der Waals surface area contributed by atoms with Crippen molar-refractivity contribution in [3.8, 4) is 0 Å². The summed E-state index contributed by atoms with van der Waals surface area (Å²) in [5.74, 6) is -1.18. The van der Waals surface area contributed by atoms with Crippen molar-refractivity contribution in [3.63, 3.8) is 0 Å². The van der Waals surface area contributed by atoms with Gasteiger partial charge in [-0.25, -0.2) is 8.78 Å². The predicted molar refractivity (Wildman–Crippen MR) is 78.1 cm³/mol. The van der Waals surface area contributed by atoms with Crippen molar-refractivity contribution in [1.29, 1.82) is 0 Å². The summed E-state index contributed by atoms with van der Waals surface area (Å²) < 4.78 is 26.7. The Hall–Kier alpha value is -0.930. The Morgan fingerprint density at radius 1 is 1.00 bits per heavy atom. The van der Waals surface area contributed by atoms with Gasteiger partial charge in [0.25, 0.3) is 0 Å². The predicted octanol–water partition coefficient (Wildman–Crippen LogP) is 5.72. The van der Waals surface area contributed by atoms with Crippen LogP contribution in [0.3, 0.4) is 0 Å². The number of aryl methyl sites for hydroxylation is 2. The van der Waals surface area contributed by atoms with Crippen LogP contribution in [-0.4, -0.2) is 0 Å². The van der Waals surface area contributed by atoms with Gasteiger partial charge in [-0.2, -0.15) is 0 Å². The summed E-state index contributed by atoms with van der Waals surface area (Å²) in [4.78, 5) is -0.403. The van der Waals surface area contributed by atoms with Crippen molar-refractivity contribution < 1.29 is 8.78 Å². The summed E-state index contributed by atoms with van der Waals surface area (Å²) in [5.41, 5.74) is 3.29. The summed E-state index contributed by atoms with van der Waals surface area (Å²) in [5, 5.41) is 0.564. The normalized spacial score (nSPS) is 12.5. The number of hydrogen-bond donors (Lipinski definition) is 0. The second-order valence-electron chi connectivity index (χ2n) is 4.49. The standard InChI is InChI=1S/C15H12BrClF2/c1-8-5-12(13(17)6-9(8)2)15(16)11-4-3-10(18)7-14(11)19/h3-7,15H,1-2H3. The Balaban J connectivity index is 2.49. The van der Waals surface area contributed by atoms with E-state index in [2.05, 4.69) is 15.9 Å². The third-order valence-corrected chi connectivity index (χ3v) is 4.44. The first-order valence-corrected chi connectivity index (χ1v) is 7.05. The molecule has 0 saturated carbocycles. The van der Waals surface area contributed by atoms with Crippen LogP contribution < -0.4 is 0 Å². The topological polar surface area (TPSA) is 0 Å². The van der Waals surface area contributed by atoms with Gasteiger partial charge in [-0.15, -0.1) is 0 Å². The van der Waals surface area contributed by atoms with Crippen LogP contribution in [0, 0.1) is 25.5 Å². The first-order chi connectivity index (χ1) is 8.90. The summed E-state index contributed by atoms with van der Waals surface area (Å²) in [6.07, 6.45) is 0. The van der Waals surface area contributed by atoms with Crippen molar-refractivity contribution in [3.05, 3.63) is 69.2 Å². The lowest BCUT2D eigenvalue weighted by atomic mass is 10.00. The molecule has 0 aliphatic carbocycles. The summed E-state index contributed by atoms with van der Waals surface area (Å²) >= 11 is 9.64. The molecule has 2 aromatic carbocycles. The van der Waals surface area contributed by atoms with Gasteiger partial charge in [-0.1, -0.05) is 39.7 Å². The van der Waals surface area contributed by atoms with Gasteiger partial charge in [0.2, 0.25) is 0 Å². The zero-order chi connectivity index (χ0) is 14.2. The highest BCUT2D eigenvalue weighted by Crippen LogP contribution is 2.37. The van der Waals surface area contributed by atoms with E-state index in [0.717, 1.165) is 22.8 Å². The van der Waals surface area contributed by atoms with Crippen LogP contribution in [0.2, 0.25) is 5.02 Å². The highest BCUT2D eigenvalue weighted by atomic mass is 79.9. The van der Waals surface area contributed by atoms with E-state index >= 15 is 0 Å². The average molecular weight is 346 g/mol. The van der Waals surface area contributed by atoms with Crippen molar-refractivity contribution in [2.75, 3.05) is 0 Å². The molecule has 100 valence electrons. The minimum Gasteiger partial charge on any atom is -0.207 e. The molecular formula is C15H12BrClF2. The molecule has 19 heavy (non-hydrogen) atoms. The van der Waals surface area contributed by atoms with E-state index in [4.69, 9.17) is 11.6 Å². The fourth-order valence-corrected chi connectivity index (χ4v) is 3.08. The fourth-order valence-electron chi connectivity index (χ4n) is 1.87. The molecule has 0 N–H and O–H groups in total. The molecule has 4 heteroatoms. The molecule has 0 bridgehead atoms. The number of rotatable bonds is 2. The van der Waals surface area contributed by atoms with Crippen molar-refractivity contribution in [1.82, 2.24) is 0 Å². The fraction of sp³-hybridized carbons (Fsp3) is 0.200. The SMILES string of the molecule is Cc1cc(Cl)c(C(Br)c2ccc(F)cc2F)cc1C. The lowest BCUT2D eigenvalue weighted by Crippen LogP contribution is -1.99. The van der Waals surface area contributed by atoms with Crippen molar-refractivity contribution >= 4 is 27.5 Å². The van der Waals surface area contributed by atoms with Crippen LogP contribution in [-0.2, 0) is 0 Å². The third-order valence-electron chi connectivity index (χ3n) is 3.12. The van der Waals surface area contributed by atoms with E-state index < -0.39 is 16.5 Å². The van der Waals surface area contributed by atoms with E-state index in [1.54, 1.807) is 0 Å². The molecule has 0 radical (unpaired) electrons. The van der Waals surface area contributed by atoms with E-state index in [0.29, 0.717) is 10.6 Å². The zero-order valence-electron chi connectivity index (χ0n) is 10.5. The first kappa shape index (κ1) is 14.5. The first-order valence-electron chi connectivity index (χ1n) is 5.76. The Bertz CT molecular complexity index is 626. The Kier molecular flexibility index (Phi) is 4.26.